The molecule has 0 aromatic heterocycles. The summed E-state index contributed by atoms with van der Waals surface area (Å²) in [5.41, 5.74) is 8.32. The Hall–Kier alpha value is -0.770. The van der Waals surface area contributed by atoms with Crippen molar-refractivity contribution in [1.82, 2.24) is 4.90 Å². The number of nitrogens with zero attached hydrogens (tertiary/aromatic N) is 2. The average molecular weight is 280 g/mol. The van der Waals surface area contributed by atoms with E-state index in [2.05, 4.69) is 21.9 Å². The third kappa shape index (κ3) is 3.04. The second-order valence-corrected chi connectivity index (χ2v) is 6.00. The minimum Gasteiger partial charge on any atom is -0.369 e. The van der Waals surface area contributed by atoms with Gasteiger partial charge in [0, 0.05) is 42.9 Å². The molecule has 0 atom stereocenters. The molecule has 4 heteroatoms. The Kier molecular flexibility index (Phi) is 3.96. The molecule has 2 fully saturated rings. The molecule has 1 aromatic rings. The van der Waals surface area contributed by atoms with E-state index in [1.807, 2.05) is 6.07 Å². The fraction of sp³-hybridized carbons (Fsp3) is 0.600. The van der Waals surface area contributed by atoms with Crippen LogP contribution in [0.1, 0.15) is 18.4 Å². The average Bonchev–Trinajstić information content (AvgIpc) is 3.26. The van der Waals surface area contributed by atoms with Crippen LogP contribution in [0, 0.1) is 0 Å². The molecule has 0 bridgehead atoms. The molecule has 3 nitrogen and oxygen atoms in total. The van der Waals surface area contributed by atoms with Crippen molar-refractivity contribution in [2.24, 2.45) is 5.73 Å². The highest BCUT2D eigenvalue weighted by Crippen LogP contribution is 2.30. The Morgan fingerprint density at radius 2 is 1.89 bits per heavy atom. The minimum absolute atomic E-state index is 0.691. The molecule has 1 heterocycles. The summed E-state index contributed by atoms with van der Waals surface area (Å²) >= 11 is 6.16. The standard InChI is InChI=1S/C15H22ClN3/c16-13-2-1-12(5-6-17)15(11-13)19-9-7-18(8-10-19)14-3-4-14/h1-2,11,14H,3-10,17H2. The predicted molar refractivity (Wildman–Crippen MR) is 81.0 cm³/mol. The van der Waals surface area contributed by atoms with E-state index < -0.39 is 0 Å². The van der Waals surface area contributed by atoms with Gasteiger partial charge in [-0.05, 0) is 43.5 Å². The quantitative estimate of drug-likeness (QED) is 0.916. The lowest BCUT2D eigenvalue weighted by Crippen LogP contribution is -2.47. The topological polar surface area (TPSA) is 32.5 Å². The summed E-state index contributed by atoms with van der Waals surface area (Å²) in [6.07, 6.45) is 3.72. The molecule has 2 aliphatic rings. The first-order valence-corrected chi connectivity index (χ1v) is 7.63. The molecule has 3 rings (SSSR count). The first-order chi connectivity index (χ1) is 9.28. The number of benzene rings is 1. The van der Waals surface area contributed by atoms with Crippen molar-refractivity contribution in [1.29, 1.82) is 0 Å². The van der Waals surface area contributed by atoms with Gasteiger partial charge in [0.25, 0.3) is 0 Å². The van der Waals surface area contributed by atoms with Gasteiger partial charge in [-0.25, -0.2) is 0 Å². The number of hydrogen-bond donors (Lipinski definition) is 1. The summed E-state index contributed by atoms with van der Waals surface area (Å²) in [6.45, 7) is 5.26. The van der Waals surface area contributed by atoms with Crippen molar-refractivity contribution >= 4 is 17.3 Å². The second-order valence-electron chi connectivity index (χ2n) is 5.57. The van der Waals surface area contributed by atoms with Gasteiger partial charge >= 0.3 is 0 Å². The summed E-state index contributed by atoms with van der Waals surface area (Å²) in [7, 11) is 0. The monoisotopic (exact) mass is 279 g/mol. The van der Waals surface area contributed by atoms with E-state index >= 15 is 0 Å². The van der Waals surface area contributed by atoms with Crippen LogP contribution in [-0.2, 0) is 6.42 Å². The summed E-state index contributed by atoms with van der Waals surface area (Å²) in [4.78, 5) is 5.10. The molecular weight excluding hydrogens is 258 g/mol. The van der Waals surface area contributed by atoms with E-state index in [4.69, 9.17) is 17.3 Å². The second kappa shape index (κ2) is 5.70. The van der Waals surface area contributed by atoms with E-state index in [-0.39, 0.29) is 0 Å². The zero-order chi connectivity index (χ0) is 13.2. The highest BCUT2D eigenvalue weighted by Gasteiger charge is 2.31. The summed E-state index contributed by atoms with van der Waals surface area (Å²) in [6, 6.07) is 7.07. The third-order valence-corrected chi connectivity index (χ3v) is 4.41. The normalized spacial score (nSPS) is 20.8. The highest BCUT2D eigenvalue weighted by atomic mass is 35.5. The predicted octanol–water partition coefficient (Wildman–Crippen LogP) is 2.13. The molecule has 2 N–H and O–H groups in total. The van der Waals surface area contributed by atoms with E-state index in [0.29, 0.717) is 6.54 Å². The van der Waals surface area contributed by atoms with Crippen LogP contribution in [0.5, 0.6) is 0 Å². The van der Waals surface area contributed by atoms with E-state index in [9.17, 15) is 0 Å². The van der Waals surface area contributed by atoms with Crippen LogP contribution in [0.4, 0.5) is 5.69 Å². The highest BCUT2D eigenvalue weighted by molar-refractivity contribution is 6.30. The van der Waals surface area contributed by atoms with E-state index in [1.165, 1.54) is 37.2 Å². The SMILES string of the molecule is NCCc1ccc(Cl)cc1N1CCN(C2CC2)CC1. The Morgan fingerprint density at radius 3 is 2.53 bits per heavy atom. The van der Waals surface area contributed by atoms with E-state index in [1.54, 1.807) is 0 Å². The molecule has 0 radical (unpaired) electrons. The van der Waals surface area contributed by atoms with Gasteiger partial charge in [0.1, 0.15) is 0 Å². The summed E-state index contributed by atoms with van der Waals surface area (Å²) < 4.78 is 0. The zero-order valence-electron chi connectivity index (χ0n) is 11.3. The Bertz CT molecular complexity index is 437. The largest absolute Gasteiger partial charge is 0.369 e. The van der Waals surface area contributed by atoms with Crippen LogP contribution in [0.2, 0.25) is 5.02 Å². The van der Waals surface area contributed by atoms with E-state index in [0.717, 1.165) is 30.6 Å². The van der Waals surface area contributed by atoms with Crippen LogP contribution >= 0.6 is 11.6 Å². The molecule has 0 amide bonds. The van der Waals surface area contributed by atoms with Gasteiger partial charge in [0.15, 0.2) is 0 Å². The lowest BCUT2D eigenvalue weighted by molar-refractivity contribution is 0.248. The van der Waals surface area contributed by atoms with Crippen LogP contribution < -0.4 is 10.6 Å². The molecule has 19 heavy (non-hydrogen) atoms. The number of rotatable bonds is 4. The Balaban J connectivity index is 1.72. The van der Waals surface area contributed by atoms with Crippen molar-refractivity contribution in [2.45, 2.75) is 25.3 Å². The van der Waals surface area contributed by atoms with Gasteiger partial charge in [0.05, 0.1) is 0 Å². The van der Waals surface area contributed by atoms with Crippen LogP contribution in [0.25, 0.3) is 0 Å². The van der Waals surface area contributed by atoms with Gasteiger partial charge in [-0.3, -0.25) is 4.90 Å². The minimum atomic E-state index is 0.691. The number of anilines is 1. The zero-order valence-corrected chi connectivity index (χ0v) is 12.1. The van der Waals surface area contributed by atoms with Gasteiger partial charge in [-0.2, -0.15) is 0 Å². The number of halogens is 1. The van der Waals surface area contributed by atoms with Crippen LogP contribution in [-0.4, -0.2) is 43.7 Å². The van der Waals surface area contributed by atoms with Crippen LogP contribution in [0.3, 0.4) is 0 Å². The summed E-state index contributed by atoms with van der Waals surface area (Å²) in [5, 5.41) is 0.820. The third-order valence-electron chi connectivity index (χ3n) is 4.18. The molecule has 1 aromatic carbocycles. The summed E-state index contributed by atoms with van der Waals surface area (Å²) in [5.74, 6) is 0. The lowest BCUT2D eigenvalue weighted by Gasteiger charge is -2.37. The Labute approximate surface area is 120 Å². The molecule has 1 saturated carbocycles. The maximum atomic E-state index is 6.16. The molecule has 0 unspecified atom stereocenters. The fourth-order valence-electron chi connectivity index (χ4n) is 2.97. The molecular formula is C15H22ClN3. The number of piperazine rings is 1. The first kappa shape index (κ1) is 13.2. The maximum absolute atomic E-state index is 6.16. The molecule has 1 saturated heterocycles. The molecule has 104 valence electrons. The van der Waals surface area contributed by atoms with Crippen molar-refractivity contribution in [3.05, 3.63) is 28.8 Å². The van der Waals surface area contributed by atoms with Crippen molar-refractivity contribution < 1.29 is 0 Å². The van der Waals surface area contributed by atoms with Crippen molar-refractivity contribution in [2.75, 3.05) is 37.6 Å². The fourth-order valence-corrected chi connectivity index (χ4v) is 3.13. The first-order valence-electron chi connectivity index (χ1n) is 7.25. The Morgan fingerprint density at radius 1 is 1.16 bits per heavy atom. The van der Waals surface area contributed by atoms with Gasteiger partial charge < -0.3 is 10.6 Å². The van der Waals surface area contributed by atoms with Crippen molar-refractivity contribution in [3.8, 4) is 0 Å². The smallest absolute Gasteiger partial charge is 0.0426 e. The van der Waals surface area contributed by atoms with Gasteiger partial charge in [-0.15, -0.1) is 0 Å². The number of hydrogen-bond acceptors (Lipinski definition) is 3. The van der Waals surface area contributed by atoms with Gasteiger partial charge in [-0.1, -0.05) is 17.7 Å². The van der Waals surface area contributed by atoms with Gasteiger partial charge in [0.2, 0.25) is 0 Å². The maximum Gasteiger partial charge on any atom is 0.0426 e. The molecule has 1 aliphatic heterocycles. The molecule has 1 aliphatic carbocycles. The molecule has 0 spiro atoms. The van der Waals surface area contributed by atoms with Crippen molar-refractivity contribution in [3.63, 3.8) is 0 Å². The number of nitrogens with two attached hydrogens (primary N) is 1. The van der Waals surface area contributed by atoms with Crippen LogP contribution in [0.15, 0.2) is 18.2 Å². The lowest BCUT2D eigenvalue weighted by atomic mass is 10.1.